The maximum absolute atomic E-state index is 14.2. The summed E-state index contributed by atoms with van der Waals surface area (Å²) < 4.78 is 19.6. The Bertz CT molecular complexity index is 913. The molecule has 31 heavy (non-hydrogen) atoms. The fourth-order valence-electron chi connectivity index (χ4n) is 3.58. The highest BCUT2D eigenvalue weighted by molar-refractivity contribution is 6.30. The average molecular weight is 452 g/mol. The Balaban J connectivity index is 1.57. The van der Waals surface area contributed by atoms with Crippen LogP contribution in [0.25, 0.3) is 0 Å². The van der Waals surface area contributed by atoms with Crippen molar-refractivity contribution in [2.24, 2.45) is 0 Å². The number of nitrogens with one attached hydrogen (secondary N) is 1. The van der Waals surface area contributed by atoms with Gasteiger partial charge in [0, 0.05) is 30.2 Å². The molecular weight excluding hydrogens is 425 g/mol. The van der Waals surface area contributed by atoms with Gasteiger partial charge in [-0.2, -0.15) is 0 Å². The summed E-state index contributed by atoms with van der Waals surface area (Å²) >= 11 is 5.78. The third kappa shape index (κ3) is 5.76. The molecule has 1 saturated heterocycles. The summed E-state index contributed by atoms with van der Waals surface area (Å²) in [5, 5.41) is 3.01. The Morgan fingerprint density at radius 3 is 2.65 bits per heavy atom. The van der Waals surface area contributed by atoms with E-state index in [0.717, 1.165) is 6.07 Å². The third-order valence-electron chi connectivity index (χ3n) is 5.10. The van der Waals surface area contributed by atoms with Crippen molar-refractivity contribution in [2.45, 2.75) is 51.7 Å². The quantitative estimate of drug-likeness (QED) is 0.760. The van der Waals surface area contributed by atoms with E-state index in [9.17, 15) is 18.8 Å². The number of amides is 3. The fourth-order valence-corrected chi connectivity index (χ4v) is 3.74. The van der Waals surface area contributed by atoms with Crippen LogP contribution in [-0.4, -0.2) is 54.1 Å². The van der Waals surface area contributed by atoms with Crippen LogP contribution < -0.4 is 10.2 Å². The first-order valence-corrected chi connectivity index (χ1v) is 10.7. The molecule has 2 heterocycles. The van der Waals surface area contributed by atoms with E-state index < -0.39 is 23.6 Å². The number of rotatable bonds is 3. The summed E-state index contributed by atoms with van der Waals surface area (Å²) in [6.07, 6.45) is 2.64. The first-order valence-electron chi connectivity index (χ1n) is 10.3. The van der Waals surface area contributed by atoms with Crippen LogP contribution in [0.3, 0.4) is 0 Å². The normalized spacial score (nSPS) is 19.7. The van der Waals surface area contributed by atoms with Crippen LogP contribution in [0.15, 0.2) is 29.8 Å². The van der Waals surface area contributed by atoms with Crippen LogP contribution in [0.4, 0.5) is 14.9 Å². The fraction of sp³-hybridized carbons (Fsp3) is 0.500. The Morgan fingerprint density at radius 1 is 1.23 bits per heavy atom. The standard InChI is InChI=1S/C22H27ClFN3O4/c1-22(2,3)31-21(30)26-10-4-5-14(8-11-26)19(28)25-17-9-12-27(20(17)29)18-7-6-15(23)13-16(18)24/h5-7,13,17H,4,8-12H2,1-3H3,(H,25,28). The van der Waals surface area contributed by atoms with Crippen LogP contribution in [0.1, 0.15) is 40.0 Å². The van der Waals surface area contributed by atoms with Crippen LogP contribution in [0, 0.1) is 5.82 Å². The second kappa shape index (κ2) is 9.26. The van der Waals surface area contributed by atoms with E-state index in [4.69, 9.17) is 16.3 Å². The monoisotopic (exact) mass is 451 g/mol. The first-order chi connectivity index (χ1) is 14.5. The minimum Gasteiger partial charge on any atom is -0.444 e. The van der Waals surface area contributed by atoms with Gasteiger partial charge in [0.1, 0.15) is 17.5 Å². The van der Waals surface area contributed by atoms with E-state index in [0.29, 0.717) is 44.5 Å². The molecule has 0 radical (unpaired) electrons. The number of hydrogen-bond donors (Lipinski definition) is 1. The molecule has 1 atom stereocenters. The number of carbonyl (C=O) groups is 3. The Morgan fingerprint density at radius 2 is 1.97 bits per heavy atom. The van der Waals surface area contributed by atoms with Crippen molar-refractivity contribution in [1.29, 1.82) is 0 Å². The lowest BCUT2D eigenvalue weighted by Gasteiger charge is -2.26. The Labute approximate surface area is 186 Å². The molecule has 2 aliphatic rings. The lowest BCUT2D eigenvalue weighted by molar-refractivity contribution is -0.124. The topological polar surface area (TPSA) is 79.0 Å². The van der Waals surface area contributed by atoms with Crippen molar-refractivity contribution in [3.05, 3.63) is 40.7 Å². The molecule has 1 N–H and O–H groups in total. The molecule has 0 aromatic heterocycles. The van der Waals surface area contributed by atoms with Crippen LogP contribution in [0.2, 0.25) is 5.02 Å². The largest absolute Gasteiger partial charge is 0.444 e. The van der Waals surface area contributed by atoms with Gasteiger partial charge in [0.2, 0.25) is 11.8 Å². The molecule has 0 spiro atoms. The molecule has 0 saturated carbocycles. The van der Waals surface area contributed by atoms with Crippen molar-refractivity contribution in [3.8, 4) is 0 Å². The van der Waals surface area contributed by atoms with E-state index in [2.05, 4.69) is 5.32 Å². The summed E-state index contributed by atoms with van der Waals surface area (Å²) in [5.41, 5.74) is 0.0813. The van der Waals surface area contributed by atoms with E-state index in [1.807, 2.05) is 0 Å². The molecule has 1 fully saturated rings. The molecular formula is C22H27ClFN3O4. The van der Waals surface area contributed by atoms with E-state index in [1.165, 1.54) is 17.0 Å². The molecule has 7 nitrogen and oxygen atoms in total. The predicted octanol–water partition coefficient (Wildman–Crippen LogP) is 3.66. The maximum atomic E-state index is 14.2. The van der Waals surface area contributed by atoms with Gasteiger partial charge in [0.05, 0.1) is 5.69 Å². The van der Waals surface area contributed by atoms with Gasteiger partial charge < -0.3 is 19.9 Å². The van der Waals surface area contributed by atoms with Crippen molar-refractivity contribution in [3.63, 3.8) is 0 Å². The molecule has 0 bridgehead atoms. The number of ether oxygens (including phenoxy) is 1. The average Bonchev–Trinajstić information content (AvgIpc) is 2.88. The molecule has 1 unspecified atom stereocenters. The zero-order valence-corrected chi connectivity index (χ0v) is 18.7. The van der Waals surface area contributed by atoms with Gasteiger partial charge in [-0.15, -0.1) is 0 Å². The minimum atomic E-state index is -0.728. The van der Waals surface area contributed by atoms with Gasteiger partial charge >= 0.3 is 6.09 Å². The summed E-state index contributed by atoms with van der Waals surface area (Å²) in [6.45, 7) is 6.52. The molecule has 168 valence electrons. The molecule has 2 aliphatic heterocycles. The highest BCUT2D eigenvalue weighted by Gasteiger charge is 2.35. The van der Waals surface area contributed by atoms with E-state index in [1.54, 1.807) is 31.7 Å². The van der Waals surface area contributed by atoms with E-state index in [-0.39, 0.29) is 22.5 Å². The smallest absolute Gasteiger partial charge is 0.410 e. The highest BCUT2D eigenvalue weighted by Crippen LogP contribution is 2.27. The van der Waals surface area contributed by atoms with Crippen molar-refractivity contribution >= 4 is 35.2 Å². The summed E-state index contributed by atoms with van der Waals surface area (Å²) in [7, 11) is 0. The van der Waals surface area contributed by atoms with Crippen molar-refractivity contribution in [1.82, 2.24) is 10.2 Å². The third-order valence-corrected chi connectivity index (χ3v) is 5.33. The van der Waals surface area contributed by atoms with Gasteiger partial charge in [-0.3, -0.25) is 9.59 Å². The lowest BCUT2D eigenvalue weighted by Crippen LogP contribution is -2.42. The number of anilines is 1. The van der Waals surface area contributed by atoms with Gasteiger partial charge in [-0.25, -0.2) is 9.18 Å². The van der Waals surface area contributed by atoms with Crippen molar-refractivity contribution < 1.29 is 23.5 Å². The summed E-state index contributed by atoms with van der Waals surface area (Å²) in [5.74, 6) is -1.29. The Kier molecular flexibility index (Phi) is 6.89. The summed E-state index contributed by atoms with van der Waals surface area (Å²) in [4.78, 5) is 40.6. The first kappa shape index (κ1) is 23.1. The second-order valence-electron chi connectivity index (χ2n) is 8.64. The molecule has 1 aromatic carbocycles. The van der Waals surface area contributed by atoms with Gasteiger partial charge in [-0.1, -0.05) is 17.7 Å². The van der Waals surface area contributed by atoms with Gasteiger partial charge in [-0.05, 0) is 58.2 Å². The van der Waals surface area contributed by atoms with Gasteiger partial charge in [0.15, 0.2) is 0 Å². The zero-order chi connectivity index (χ0) is 22.8. The second-order valence-corrected chi connectivity index (χ2v) is 9.07. The van der Waals surface area contributed by atoms with Crippen LogP contribution in [0.5, 0.6) is 0 Å². The van der Waals surface area contributed by atoms with Crippen LogP contribution in [-0.2, 0) is 14.3 Å². The highest BCUT2D eigenvalue weighted by atomic mass is 35.5. The maximum Gasteiger partial charge on any atom is 0.410 e. The molecule has 9 heteroatoms. The lowest BCUT2D eigenvalue weighted by atomic mass is 10.1. The zero-order valence-electron chi connectivity index (χ0n) is 17.9. The SMILES string of the molecule is CC(C)(C)OC(=O)N1CCC=C(C(=O)NC2CCN(c3ccc(Cl)cc3F)C2=O)CC1. The number of carbonyl (C=O) groups excluding carboxylic acids is 3. The van der Waals surface area contributed by atoms with Gasteiger partial charge in [0.25, 0.3) is 0 Å². The Hall–Kier alpha value is -2.61. The molecule has 1 aromatic rings. The van der Waals surface area contributed by atoms with E-state index >= 15 is 0 Å². The molecule has 3 rings (SSSR count). The van der Waals surface area contributed by atoms with Crippen molar-refractivity contribution in [2.75, 3.05) is 24.5 Å². The predicted molar refractivity (Wildman–Crippen MR) is 115 cm³/mol. The van der Waals surface area contributed by atoms with Crippen LogP contribution >= 0.6 is 11.6 Å². The molecule has 3 amide bonds. The number of halogens is 2. The minimum absolute atomic E-state index is 0.146. The number of hydrogen-bond acceptors (Lipinski definition) is 4. The number of benzene rings is 1. The molecule has 0 aliphatic carbocycles. The number of nitrogens with zero attached hydrogens (tertiary/aromatic N) is 2. The summed E-state index contributed by atoms with van der Waals surface area (Å²) in [6, 6.07) is 3.40.